The van der Waals surface area contributed by atoms with E-state index >= 15 is 0 Å². The number of nitrogens with zero attached hydrogens (tertiary/aromatic N) is 1. The van der Waals surface area contributed by atoms with E-state index in [1.807, 2.05) is 19.1 Å². The minimum absolute atomic E-state index is 0.632. The summed E-state index contributed by atoms with van der Waals surface area (Å²) in [6.07, 6.45) is -2.70. The zero-order valence-corrected chi connectivity index (χ0v) is 8.17. The molecule has 2 aromatic rings. The van der Waals surface area contributed by atoms with Crippen LogP contribution in [0.15, 0.2) is 30.5 Å². The maximum atomic E-state index is 12.2. The highest BCUT2D eigenvalue weighted by Crippen LogP contribution is 2.23. The zero-order chi connectivity index (χ0) is 11.1. The van der Waals surface area contributed by atoms with Crippen LogP contribution in [0.25, 0.3) is 10.9 Å². The van der Waals surface area contributed by atoms with Gasteiger partial charge in [0.05, 0.1) is 0 Å². The Balaban J connectivity index is 2.48. The molecule has 0 unspecified atom stereocenters. The fourth-order valence-corrected chi connectivity index (χ4v) is 1.62. The molecule has 0 bridgehead atoms. The number of rotatable bonds is 1. The molecular formula is C11H10F3N. The van der Waals surface area contributed by atoms with Gasteiger partial charge in [-0.3, -0.25) is 0 Å². The number of fused-ring (bicyclic) bond motifs is 1. The summed E-state index contributed by atoms with van der Waals surface area (Å²) >= 11 is 0. The minimum atomic E-state index is -4.17. The maximum Gasteiger partial charge on any atom is 0.406 e. The van der Waals surface area contributed by atoms with Gasteiger partial charge in [-0.15, -0.1) is 0 Å². The second kappa shape index (κ2) is 3.29. The van der Waals surface area contributed by atoms with Crippen molar-refractivity contribution in [2.75, 3.05) is 0 Å². The van der Waals surface area contributed by atoms with Crippen LogP contribution in [0.2, 0.25) is 0 Å². The van der Waals surface area contributed by atoms with Gasteiger partial charge in [0.25, 0.3) is 0 Å². The van der Waals surface area contributed by atoms with Crippen molar-refractivity contribution in [1.29, 1.82) is 0 Å². The molecule has 0 aliphatic rings. The number of halogens is 3. The Morgan fingerprint density at radius 2 is 1.93 bits per heavy atom. The fourth-order valence-electron chi connectivity index (χ4n) is 1.62. The predicted octanol–water partition coefficient (Wildman–Crippen LogP) is 3.51. The topological polar surface area (TPSA) is 4.93 Å². The fraction of sp³-hybridized carbons (Fsp3) is 0.273. The Labute approximate surface area is 85.1 Å². The first-order valence-electron chi connectivity index (χ1n) is 4.58. The van der Waals surface area contributed by atoms with E-state index in [4.69, 9.17) is 0 Å². The van der Waals surface area contributed by atoms with E-state index in [1.165, 1.54) is 10.8 Å². The monoisotopic (exact) mass is 213 g/mol. The molecular weight excluding hydrogens is 203 g/mol. The van der Waals surface area contributed by atoms with Crippen molar-refractivity contribution in [2.45, 2.75) is 19.6 Å². The molecule has 1 heterocycles. The van der Waals surface area contributed by atoms with E-state index in [-0.39, 0.29) is 0 Å². The Bertz CT molecular complexity index is 482. The number of benzene rings is 1. The number of aryl methyl sites for hydroxylation is 1. The largest absolute Gasteiger partial charge is 0.406 e. The van der Waals surface area contributed by atoms with E-state index < -0.39 is 12.7 Å². The summed E-state index contributed by atoms with van der Waals surface area (Å²) in [5.74, 6) is 0. The lowest BCUT2D eigenvalue weighted by atomic mass is 10.2. The van der Waals surface area contributed by atoms with Gasteiger partial charge in [0.2, 0.25) is 0 Å². The van der Waals surface area contributed by atoms with Crippen molar-refractivity contribution in [3.63, 3.8) is 0 Å². The summed E-state index contributed by atoms with van der Waals surface area (Å²) in [7, 11) is 0. The molecule has 0 saturated heterocycles. The van der Waals surface area contributed by atoms with Crippen LogP contribution in [-0.4, -0.2) is 10.7 Å². The van der Waals surface area contributed by atoms with Gasteiger partial charge in [-0.05, 0) is 30.0 Å². The Morgan fingerprint density at radius 3 is 2.60 bits per heavy atom. The lowest BCUT2D eigenvalue weighted by molar-refractivity contribution is -0.139. The van der Waals surface area contributed by atoms with Crippen LogP contribution in [0, 0.1) is 6.92 Å². The second-order valence-electron chi connectivity index (χ2n) is 3.62. The van der Waals surface area contributed by atoms with Crippen molar-refractivity contribution < 1.29 is 13.2 Å². The average Bonchev–Trinajstić information content (AvgIpc) is 2.46. The van der Waals surface area contributed by atoms with Gasteiger partial charge in [-0.25, -0.2) is 0 Å². The van der Waals surface area contributed by atoms with Gasteiger partial charge in [0.1, 0.15) is 6.54 Å². The molecule has 1 aromatic heterocycles. The van der Waals surface area contributed by atoms with Gasteiger partial charge in [-0.2, -0.15) is 13.2 Å². The number of aromatic nitrogens is 1. The maximum absolute atomic E-state index is 12.2. The predicted molar refractivity (Wildman–Crippen MR) is 52.7 cm³/mol. The second-order valence-corrected chi connectivity index (χ2v) is 3.62. The summed E-state index contributed by atoms with van der Waals surface area (Å²) in [5, 5.41) is 0.838. The molecule has 0 amide bonds. The summed E-state index contributed by atoms with van der Waals surface area (Å²) < 4.78 is 37.9. The quantitative estimate of drug-likeness (QED) is 0.683. The first-order valence-corrected chi connectivity index (χ1v) is 4.58. The number of hydrogen-bond acceptors (Lipinski definition) is 0. The summed E-state index contributed by atoms with van der Waals surface area (Å²) in [6, 6.07) is 7.18. The highest BCUT2D eigenvalue weighted by molar-refractivity contribution is 5.80. The molecule has 1 nitrogen and oxygen atoms in total. The standard InChI is InChI=1S/C11H10F3N/c1-8-2-3-9-4-5-15(10(9)6-8)7-11(12,13)14/h2-6H,7H2,1H3. The molecule has 0 aliphatic carbocycles. The van der Waals surface area contributed by atoms with Gasteiger partial charge in [0, 0.05) is 11.7 Å². The number of hydrogen-bond donors (Lipinski definition) is 0. The molecule has 15 heavy (non-hydrogen) atoms. The molecule has 1 aromatic carbocycles. The Kier molecular flexibility index (Phi) is 2.21. The highest BCUT2D eigenvalue weighted by Gasteiger charge is 2.28. The molecule has 0 spiro atoms. The summed E-state index contributed by atoms with van der Waals surface area (Å²) in [5.41, 5.74) is 1.59. The van der Waals surface area contributed by atoms with Crippen LogP contribution < -0.4 is 0 Å². The average molecular weight is 213 g/mol. The molecule has 0 fully saturated rings. The molecule has 0 saturated carbocycles. The Hall–Kier alpha value is -1.45. The first kappa shape index (κ1) is 10.1. The molecule has 0 N–H and O–H groups in total. The zero-order valence-electron chi connectivity index (χ0n) is 8.17. The van der Waals surface area contributed by atoms with E-state index in [2.05, 4.69) is 0 Å². The SMILES string of the molecule is Cc1ccc2ccn(CC(F)(F)F)c2c1. The first-order chi connectivity index (χ1) is 6.96. The summed E-state index contributed by atoms with van der Waals surface area (Å²) in [6.45, 7) is 0.935. The van der Waals surface area contributed by atoms with Crippen LogP contribution in [0.1, 0.15) is 5.56 Å². The minimum Gasteiger partial charge on any atom is -0.338 e. The van der Waals surface area contributed by atoms with Crippen molar-refractivity contribution in [3.8, 4) is 0 Å². The third-order valence-corrected chi connectivity index (χ3v) is 2.28. The normalized spacial score (nSPS) is 12.3. The van der Waals surface area contributed by atoms with Crippen LogP contribution in [0.4, 0.5) is 13.2 Å². The lowest BCUT2D eigenvalue weighted by Crippen LogP contribution is -2.16. The molecule has 4 heteroatoms. The van der Waals surface area contributed by atoms with Gasteiger partial charge < -0.3 is 4.57 Å². The van der Waals surface area contributed by atoms with Gasteiger partial charge >= 0.3 is 6.18 Å². The van der Waals surface area contributed by atoms with Crippen molar-refractivity contribution >= 4 is 10.9 Å². The van der Waals surface area contributed by atoms with Crippen LogP contribution >= 0.6 is 0 Å². The van der Waals surface area contributed by atoms with Crippen molar-refractivity contribution in [1.82, 2.24) is 4.57 Å². The Morgan fingerprint density at radius 1 is 1.20 bits per heavy atom. The lowest BCUT2D eigenvalue weighted by Gasteiger charge is -2.09. The molecule has 80 valence electrons. The van der Waals surface area contributed by atoms with E-state index in [9.17, 15) is 13.2 Å². The number of alkyl halides is 3. The molecule has 2 rings (SSSR count). The van der Waals surface area contributed by atoms with E-state index in [0.29, 0.717) is 5.52 Å². The van der Waals surface area contributed by atoms with Crippen LogP contribution in [0.3, 0.4) is 0 Å². The van der Waals surface area contributed by atoms with Crippen molar-refractivity contribution in [2.24, 2.45) is 0 Å². The molecule has 0 radical (unpaired) electrons. The van der Waals surface area contributed by atoms with Crippen molar-refractivity contribution in [3.05, 3.63) is 36.0 Å². The highest BCUT2D eigenvalue weighted by atomic mass is 19.4. The smallest absolute Gasteiger partial charge is 0.338 e. The molecule has 0 atom stereocenters. The van der Waals surface area contributed by atoms with Gasteiger partial charge in [-0.1, -0.05) is 12.1 Å². The third-order valence-electron chi connectivity index (χ3n) is 2.28. The molecule has 0 aliphatic heterocycles. The van der Waals surface area contributed by atoms with Gasteiger partial charge in [0.15, 0.2) is 0 Å². The van der Waals surface area contributed by atoms with Crippen LogP contribution in [0.5, 0.6) is 0 Å². The van der Waals surface area contributed by atoms with E-state index in [0.717, 1.165) is 10.9 Å². The third kappa shape index (κ3) is 2.14. The summed E-state index contributed by atoms with van der Waals surface area (Å²) in [4.78, 5) is 0. The van der Waals surface area contributed by atoms with Crippen LogP contribution in [-0.2, 0) is 6.54 Å². The van der Waals surface area contributed by atoms with E-state index in [1.54, 1.807) is 12.1 Å².